The highest BCUT2D eigenvalue weighted by Gasteiger charge is 2.46. The molecule has 4 rings (SSSR count). The number of aliphatic hydroxyl groups excluding tert-OH is 1. The smallest absolute Gasteiger partial charge is 0.295 e. The van der Waals surface area contributed by atoms with E-state index >= 15 is 0 Å². The lowest BCUT2D eigenvalue weighted by Crippen LogP contribution is -2.33. The van der Waals surface area contributed by atoms with E-state index in [4.69, 9.17) is 9.47 Å². The van der Waals surface area contributed by atoms with Crippen molar-refractivity contribution in [3.05, 3.63) is 64.7 Å². The SMILES string of the molecule is CCCCOc1cccc(C2/C(=C(/O)c3ccc4c(c3)CC(C)O4)C(=O)C(=O)N2CCCN(CC)CC)c1. The highest BCUT2D eigenvalue weighted by atomic mass is 16.5. The van der Waals surface area contributed by atoms with Crippen molar-refractivity contribution in [3.63, 3.8) is 0 Å². The first-order chi connectivity index (χ1) is 18.4. The lowest BCUT2D eigenvalue weighted by Gasteiger charge is -2.27. The molecule has 2 aromatic rings. The normalized spacial score (nSPS) is 20.2. The van der Waals surface area contributed by atoms with Gasteiger partial charge < -0.3 is 24.4 Å². The fraction of sp³-hybridized carbons (Fsp3) is 0.484. The Balaban J connectivity index is 1.72. The molecule has 1 saturated heterocycles. The Bertz CT molecular complexity index is 1190. The quantitative estimate of drug-likeness (QED) is 0.176. The van der Waals surface area contributed by atoms with Gasteiger partial charge in [0.2, 0.25) is 0 Å². The third-order valence-electron chi connectivity index (χ3n) is 7.42. The monoisotopic (exact) mass is 520 g/mol. The number of fused-ring (bicyclic) bond motifs is 1. The zero-order valence-electron chi connectivity index (χ0n) is 23.0. The molecule has 0 bridgehead atoms. The Morgan fingerprint density at radius 1 is 1.11 bits per heavy atom. The van der Waals surface area contributed by atoms with Gasteiger partial charge in [-0.15, -0.1) is 0 Å². The summed E-state index contributed by atoms with van der Waals surface area (Å²) in [6.45, 7) is 12.0. The predicted molar refractivity (Wildman–Crippen MR) is 148 cm³/mol. The number of amides is 1. The van der Waals surface area contributed by atoms with Crippen molar-refractivity contribution in [1.82, 2.24) is 9.80 Å². The van der Waals surface area contributed by atoms with Crippen LogP contribution in [-0.2, 0) is 16.0 Å². The van der Waals surface area contributed by atoms with E-state index in [0.717, 1.165) is 62.2 Å². The Morgan fingerprint density at radius 3 is 2.63 bits per heavy atom. The van der Waals surface area contributed by atoms with Gasteiger partial charge in [0.05, 0.1) is 18.2 Å². The molecule has 2 unspecified atom stereocenters. The third-order valence-corrected chi connectivity index (χ3v) is 7.42. The molecule has 204 valence electrons. The molecule has 0 aromatic heterocycles. The highest BCUT2D eigenvalue weighted by molar-refractivity contribution is 6.46. The summed E-state index contributed by atoms with van der Waals surface area (Å²) >= 11 is 0. The standard InChI is InChI=1S/C31H40N2O5/c1-5-8-17-37-25-12-9-11-22(20-25)28-27(29(34)23-13-14-26-24(19-23)18-21(4)38-26)30(35)31(36)33(28)16-10-15-32(6-2)7-3/h9,11-14,19-21,28,34H,5-8,10,15-18H2,1-4H3/b29-27-. The van der Waals surface area contributed by atoms with Crippen LogP contribution in [0.15, 0.2) is 48.0 Å². The Labute approximate surface area is 226 Å². The number of carbonyl (C=O) groups is 2. The van der Waals surface area contributed by atoms with E-state index in [1.807, 2.05) is 43.3 Å². The van der Waals surface area contributed by atoms with E-state index in [-0.39, 0.29) is 17.4 Å². The van der Waals surface area contributed by atoms with Crippen LogP contribution >= 0.6 is 0 Å². The molecule has 0 spiro atoms. The van der Waals surface area contributed by atoms with Crippen LogP contribution in [0.2, 0.25) is 0 Å². The Morgan fingerprint density at radius 2 is 1.89 bits per heavy atom. The average molecular weight is 521 g/mol. The number of hydrogen-bond donors (Lipinski definition) is 1. The van der Waals surface area contributed by atoms with Gasteiger partial charge >= 0.3 is 0 Å². The number of ether oxygens (including phenoxy) is 2. The molecule has 2 heterocycles. The summed E-state index contributed by atoms with van der Waals surface area (Å²) in [5, 5.41) is 11.5. The minimum Gasteiger partial charge on any atom is -0.507 e. The molecule has 2 aromatic carbocycles. The average Bonchev–Trinajstić information content (AvgIpc) is 3.42. The third kappa shape index (κ3) is 5.88. The second-order valence-electron chi connectivity index (χ2n) is 10.1. The zero-order chi connectivity index (χ0) is 27.2. The van der Waals surface area contributed by atoms with Crippen molar-refractivity contribution < 1.29 is 24.2 Å². The second-order valence-corrected chi connectivity index (χ2v) is 10.1. The number of aliphatic hydroxyl groups is 1. The summed E-state index contributed by atoms with van der Waals surface area (Å²) in [6.07, 6.45) is 3.49. The number of benzene rings is 2. The largest absolute Gasteiger partial charge is 0.507 e. The van der Waals surface area contributed by atoms with Gasteiger partial charge in [-0.3, -0.25) is 9.59 Å². The molecule has 1 fully saturated rings. The molecule has 2 aliphatic heterocycles. The van der Waals surface area contributed by atoms with Gasteiger partial charge in [0.1, 0.15) is 23.4 Å². The number of rotatable bonds is 12. The van der Waals surface area contributed by atoms with Crippen molar-refractivity contribution >= 4 is 17.4 Å². The van der Waals surface area contributed by atoms with Gasteiger partial charge in [-0.2, -0.15) is 0 Å². The fourth-order valence-electron chi connectivity index (χ4n) is 5.30. The second kappa shape index (κ2) is 12.5. The topological polar surface area (TPSA) is 79.3 Å². The van der Waals surface area contributed by atoms with Gasteiger partial charge in [-0.1, -0.05) is 39.3 Å². The summed E-state index contributed by atoms with van der Waals surface area (Å²) in [5.41, 5.74) is 2.37. The van der Waals surface area contributed by atoms with E-state index in [1.54, 1.807) is 11.0 Å². The van der Waals surface area contributed by atoms with Crippen LogP contribution in [0.3, 0.4) is 0 Å². The molecular formula is C31H40N2O5. The van der Waals surface area contributed by atoms with Crippen molar-refractivity contribution in [2.75, 3.05) is 32.8 Å². The van der Waals surface area contributed by atoms with Gasteiger partial charge in [0.15, 0.2) is 0 Å². The number of unbranched alkanes of at least 4 members (excludes halogenated alkanes) is 1. The predicted octanol–water partition coefficient (Wildman–Crippen LogP) is 5.34. The Hall–Kier alpha value is -3.32. The van der Waals surface area contributed by atoms with E-state index in [2.05, 4.69) is 25.7 Å². The molecule has 7 heteroatoms. The highest BCUT2D eigenvalue weighted by Crippen LogP contribution is 2.41. The molecule has 1 N–H and O–H groups in total. The van der Waals surface area contributed by atoms with Gasteiger partial charge in [0, 0.05) is 18.5 Å². The molecule has 1 amide bonds. The first kappa shape index (κ1) is 27.7. The number of Topliss-reactive ketones (excluding diaryl/α,β-unsaturated/α-hetero) is 1. The molecular weight excluding hydrogens is 480 g/mol. The summed E-state index contributed by atoms with van der Waals surface area (Å²) in [4.78, 5) is 30.7. The maximum absolute atomic E-state index is 13.4. The molecule has 38 heavy (non-hydrogen) atoms. The number of ketones is 1. The molecule has 0 saturated carbocycles. The Kier molecular flexibility index (Phi) is 9.10. The minimum absolute atomic E-state index is 0.0641. The number of hydrogen-bond acceptors (Lipinski definition) is 6. The van der Waals surface area contributed by atoms with Crippen LogP contribution in [0.1, 0.15) is 69.7 Å². The van der Waals surface area contributed by atoms with E-state index < -0.39 is 17.7 Å². The van der Waals surface area contributed by atoms with Crippen molar-refractivity contribution in [3.8, 4) is 11.5 Å². The lowest BCUT2D eigenvalue weighted by atomic mass is 9.94. The van der Waals surface area contributed by atoms with Crippen molar-refractivity contribution in [2.24, 2.45) is 0 Å². The van der Waals surface area contributed by atoms with Crippen LogP contribution in [-0.4, -0.2) is 65.5 Å². The van der Waals surface area contributed by atoms with Crippen molar-refractivity contribution in [1.29, 1.82) is 0 Å². The van der Waals surface area contributed by atoms with Crippen LogP contribution < -0.4 is 9.47 Å². The first-order valence-electron chi connectivity index (χ1n) is 13.9. The zero-order valence-corrected chi connectivity index (χ0v) is 23.0. The number of nitrogens with zero attached hydrogens (tertiary/aromatic N) is 2. The summed E-state index contributed by atoms with van der Waals surface area (Å²) in [5.74, 6) is 0.0938. The molecule has 2 aliphatic rings. The van der Waals surface area contributed by atoms with Crippen molar-refractivity contribution in [2.45, 2.75) is 65.5 Å². The van der Waals surface area contributed by atoms with E-state index in [0.29, 0.717) is 24.5 Å². The number of carbonyl (C=O) groups excluding carboxylic acids is 2. The van der Waals surface area contributed by atoms with Crippen LogP contribution in [0.5, 0.6) is 11.5 Å². The van der Waals surface area contributed by atoms with Crippen LogP contribution in [0.4, 0.5) is 0 Å². The molecule has 2 atom stereocenters. The van der Waals surface area contributed by atoms with Gasteiger partial charge in [0.25, 0.3) is 11.7 Å². The first-order valence-corrected chi connectivity index (χ1v) is 13.9. The lowest BCUT2D eigenvalue weighted by molar-refractivity contribution is -0.140. The molecule has 0 aliphatic carbocycles. The molecule has 0 radical (unpaired) electrons. The van der Waals surface area contributed by atoms with Crippen LogP contribution in [0, 0.1) is 0 Å². The maximum Gasteiger partial charge on any atom is 0.295 e. The summed E-state index contributed by atoms with van der Waals surface area (Å²) in [6, 6.07) is 12.3. The maximum atomic E-state index is 13.4. The fourth-order valence-corrected chi connectivity index (χ4v) is 5.30. The molecule has 7 nitrogen and oxygen atoms in total. The van der Waals surface area contributed by atoms with Crippen LogP contribution in [0.25, 0.3) is 5.76 Å². The van der Waals surface area contributed by atoms with Gasteiger partial charge in [-0.25, -0.2) is 0 Å². The van der Waals surface area contributed by atoms with E-state index in [9.17, 15) is 14.7 Å². The minimum atomic E-state index is -0.690. The summed E-state index contributed by atoms with van der Waals surface area (Å²) in [7, 11) is 0. The van der Waals surface area contributed by atoms with Gasteiger partial charge in [-0.05, 0) is 80.9 Å². The summed E-state index contributed by atoms with van der Waals surface area (Å²) < 4.78 is 11.7. The van der Waals surface area contributed by atoms with E-state index in [1.165, 1.54) is 0 Å². The number of likely N-dealkylation sites (tertiary alicyclic amines) is 1.